The van der Waals surface area contributed by atoms with Gasteiger partial charge in [0.15, 0.2) is 11.5 Å². The molecule has 1 aromatic carbocycles. The smallest absolute Gasteiger partial charge is 0.227 e. The fourth-order valence-corrected chi connectivity index (χ4v) is 1.77. The molecular formula is C11H13NO3. The summed E-state index contributed by atoms with van der Waals surface area (Å²) in [5, 5.41) is 9.57. The van der Waals surface area contributed by atoms with Crippen LogP contribution in [0.2, 0.25) is 0 Å². The average molecular weight is 207 g/mol. The predicted octanol–water partition coefficient (Wildman–Crippen LogP) is 1.53. The second kappa shape index (κ2) is 3.81. The molecule has 1 saturated heterocycles. The van der Waals surface area contributed by atoms with Crippen molar-refractivity contribution in [3.63, 3.8) is 0 Å². The lowest BCUT2D eigenvalue weighted by Crippen LogP contribution is -2.23. The third kappa shape index (κ3) is 1.75. The summed E-state index contributed by atoms with van der Waals surface area (Å²) in [7, 11) is 1.50. The maximum Gasteiger partial charge on any atom is 0.227 e. The van der Waals surface area contributed by atoms with Crippen molar-refractivity contribution >= 4 is 11.6 Å². The normalized spacial score (nSPS) is 15.8. The second-order valence-corrected chi connectivity index (χ2v) is 3.51. The van der Waals surface area contributed by atoms with Gasteiger partial charge in [0.2, 0.25) is 5.91 Å². The number of methoxy groups -OCH3 is 1. The zero-order chi connectivity index (χ0) is 10.8. The largest absolute Gasteiger partial charge is 0.504 e. The molecule has 0 atom stereocenters. The van der Waals surface area contributed by atoms with E-state index in [0.717, 1.165) is 18.7 Å². The van der Waals surface area contributed by atoms with Crippen molar-refractivity contribution in [3.8, 4) is 11.5 Å². The molecule has 15 heavy (non-hydrogen) atoms. The van der Waals surface area contributed by atoms with Crippen LogP contribution in [0.25, 0.3) is 0 Å². The number of phenols is 1. The zero-order valence-electron chi connectivity index (χ0n) is 8.56. The maximum atomic E-state index is 11.5. The van der Waals surface area contributed by atoms with E-state index in [1.165, 1.54) is 7.11 Å². The van der Waals surface area contributed by atoms with E-state index in [2.05, 4.69) is 0 Å². The van der Waals surface area contributed by atoms with E-state index in [-0.39, 0.29) is 11.7 Å². The lowest BCUT2D eigenvalue weighted by atomic mass is 10.2. The average Bonchev–Trinajstić information content (AvgIpc) is 2.64. The molecule has 0 aliphatic carbocycles. The minimum Gasteiger partial charge on any atom is -0.504 e. The molecule has 1 aliphatic rings. The highest BCUT2D eigenvalue weighted by Crippen LogP contribution is 2.31. The summed E-state index contributed by atoms with van der Waals surface area (Å²) in [6.45, 7) is 0.727. The van der Waals surface area contributed by atoms with Gasteiger partial charge in [-0.15, -0.1) is 0 Å². The highest BCUT2D eigenvalue weighted by molar-refractivity contribution is 5.95. The summed E-state index contributed by atoms with van der Waals surface area (Å²) in [4.78, 5) is 13.1. The van der Waals surface area contributed by atoms with E-state index < -0.39 is 0 Å². The van der Waals surface area contributed by atoms with E-state index in [1.54, 1.807) is 23.1 Å². The standard InChI is InChI=1S/C11H13NO3/c1-15-10-5-4-8(7-9(10)13)12-6-2-3-11(12)14/h4-5,7,13H,2-3,6H2,1H3. The molecule has 0 bridgehead atoms. The first kappa shape index (κ1) is 9.83. The van der Waals surface area contributed by atoms with Crippen LogP contribution in [0.3, 0.4) is 0 Å². The molecule has 1 heterocycles. The molecule has 0 aromatic heterocycles. The molecule has 0 saturated carbocycles. The summed E-state index contributed by atoms with van der Waals surface area (Å²) < 4.78 is 4.94. The number of anilines is 1. The number of amides is 1. The quantitative estimate of drug-likeness (QED) is 0.800. The number of hydrogen-bond donors (Lipinski definition) is 1. The Labute approximate surface area is 88.1 Å². The molecule has 80 valence electrons. The van der Waals surface area contributed by atoms with Crippen molar-refractivity contribution in [1.82, 2.24) is 0 Å². The van der Waals surface area contributed by atoms with Gasteiger partial charge in [0, 0.05) is 24.7 Å². The fourth-order valence-electron chi connectivity index (χ4n) is 1.77. The Morgan fingerprint density at radius 2 is 2.27 bits per heavy atom. The number of carbonyl (C=O) groups excluding carboxylic acids is 1. The Morgan fingerprint density at radius 3 is 2.80 bits per heavy atom. The number of ether oxygens (including phenoxy) is 1. The van der Waals surface area contributed by atoms with Crippen LogP contribution in [0.5, 0.6) is 11.5 Å². The van der Waals surface area contributed by atoms with Gasteiger partial charge in [-0.1, -0.05) is 0 Å². The number of rotatable bonds is 2. The number of carbonyl (C=O) groups is 1. The molecule has 4 nitrogen and oxygen atoms in total. The van der Waals surface area contributed by atoms with Gasteiger partial charge in [0.1, 0.15) is 0 Å². The first-order valence-corrected chi connectivity index (χ1v) is 4.90. The van der Waals surface area contributed by atoms with Crippen LogP contribution in [-0.4, -0.2) is 24.7 Å². The Morgan fingerprint density at radius 1 is 1.47 bits per heavy atom. The van der Waals surface area contributed by atoms with Crippen LogP contribution in [0, 0.1) is 0 Å². The Bertz CT molecular complexity index is 389. The first-order chi connectivity index (χ1) is 7.22. The molecule has 1 fully saturated rings. The van der Waals surface area contributed by atoms with Crippen molar-refractivity contribution in [3.05, 3.63) is 18.2 Å². The number of benzene rings is 1. The maximum absolute atomic E-state index is 11.5. The molecule has 0 unspecified atom stereocenters. The molecule has 1 aliphatic heterocycles. The number of hydrogen-bond acceptors (Lipinski definition) is 3. The van der Waals surface area contributed by atoms with Gasteiger partial charge >= 0.3 is 0 Å². The van der Waals surface area contributed by atoms with Gasteiger partial charge in [-0.3, -0.25) is 4.79 Å². The third-order valence-electron chi connectivity index (χ3n) is 2.55. The van der Waals surface area contributed by atoms with Crippen molar-refractivity contribution in [1.29, 1.82) is 0 Å². The molecule has 1 aromatic rings. The third-order valence-corrected chi connectivity index (χ3v) is 2.55. The molecular weight excluding hydrogens is 194 g/mol. The first-order valence-electron chi connectivity index (χ1n) is 4.90. The van der Waals surface area contributed by atoms with Crippen LogP contribution in [0.15, 0.2) is 18.2 Å². The van der Waals surface area contributed by atoms with Gasteiger partial charge in [-0.2, -0.15) is 0 Å². The van der Waals surface area contributed by atoms with Crippen molar-refractivity contribution in [2.75, 3.05) is 18.6 Å². The van der Waals surface area contributed by atoms with Crippen LogP contribution in [0.4, 0.5) is 5.69 Å². The summed E-state index contributed by atoms with van der Waals surface area (Å²) in [5.41, 5.74) is 0.732. The van der Waals surface area contributed by atoms with Gasteiger partial charge < -0.3 is 14.7 Å². The van der Waals surface area contributed by atoms with E-state index in [1.807, 2.05) is 0 Å². The zero-order valence-corrected chi connectivity index (χ0v) is 8.56. The van der Waals surface area contributed by atoms with Crippen LogP contribution in [0.1, 0.15) is 12.8 Å². The van der Waals surface area contributed by atoms with Crippen molar-refractivity contribution < 1.29 is 14.6 Å². The number of nitrogens with zero attached hydrogens (tertiary/aromatic N) is 1. The van der Waals surface area contributed by atoms with Gasteiger partial charge in [-0.25, -0.2) is 0 Å². The van der Waals surface area contributed by atoms with Crippen LogP contribution >= 0.6 is 0 Å². The summed E-state index contributed by atoms with van der Waals surface area (Å²) in [6.07, 6.45) is 1.47. The molecule has 0 spiro atoms. The summed E-state index contributed by atoms with van der Waals surface area (Å²) in [5.74, 6) is 0.597. The van der Waals surface area contributed by atoms with Crippen molar-refractivity contribution in [2.24, 2.45) is 0 Å². The summed E-state index contributed by atoms with van der Waals surface area (Å²) >= 11 is 0. The monoisotopic (exact) mass is 207 g/mol. The van der Waals surface area contributed by atoms with E-state index in [4.69, 9.17) is 4.74 Å². The molecule has 1 amide bonds. The Hall–Kier alpha value is -1.71. The highest BCUT2D eigenvalue weighted by Gasteiger charge is 2.22. The lowest BCUT2D eigenvalue weighted by Gasteiger charge is -2.16. The van der Waals surface area contributed by atoms with Gasteiger partial charge in [0.25, 0.3) is 0 Å². The summed E-state index contributed by atoms with van der Waals surface area (Å²) in [6, 6.07) is 5.00. The molecule has 0 radical (unpaired) electrons. The van der Waals surface area contributed by atoms with E-state index in [0.29, 0.717) is 12.2 Å². The molecule has 1 N–H and O–H groups in total. The second-order valence-electron chi connectivity index (χ2n) is 3.51. The van der Waals surface area contributed by atoms with Crippen molar-refractivity contribution in [2.45, 2.75) is 12.8 Å². The highest BCUT2D eigenvalue weighted by atomic mass is 16.5. The van der Waals surface area contributed by atoms with E-state index >= 15 is 0 Å². The van der Waals surface area contributed by atoms with Crippen LogP contribution in [-0.2, 0) is 4.79 Å². The van der Waals surface area contributed by atoms with Crippen LogP contribution < -0.4 is 9.64 Å². The Balaban J connectivity index is 2.29. The fraction of sp³-hybridized carbons (Fsp3) is 0.364. The van der Waals surface area contributed by atoms with E-state index in [9.17, 15) is 9.90 Å². The number of phenolic OH excluding ortho intramolecular Hbond substituents is 1. The predicted molar refractivity (Wildman–Crippen MR) is 56.2 cm³/mol. The molecule has 4 heteroatoms. The Kier molecular flexibility index (Phi) is 2.49. The van der Waals surface area contributed by atoms with Gasteiger partial charge in [-0.05, 0) is 18.6 Å². The lowest BCUT2D eigenvalue weighted by molar-refractivity contribution is -0.117. The minimum atomic E-state index is 0.0645. The SMILES string of the molecule is COc1ccc(N2CCCC2=O)cc1O. The topological polar surface area (TPSA) is 49.8 Å². The number of aromatic hydroxyl groups is 1. The minimum absolute atomic E-state index is 0.0645. The van der Waals surface area contributed by atoms with Gasteiger partial charge in [0.05, 0.1) is 7.11 Å². The molecule has 2 rings (SSSR count).